The quantitative estimate of drug-likeness (QED) is 0.301. The van der Waals surface area contributed by atoms with E-state index >= 15 is 0 Å². The van der Waals surface area contributed by atoms with E-state index in [0.29, 0.717) is 4.48 Å². The van der Waals surface area contributed by atoms with Crippen LogP contribution < -0.4 is 5.11 Å². The first-order valence-electron chi connectivity index (χ1n) is 5.97. The zero-order valence-corrected chi connectivity index (χ0v) is 11.7. The third kappa shape index (κ3) is 9.03. The van der Waals surface area contributed by atoms with Gasteiger partial charge in [0.1, 0.15) is 12.5 Å². The predicted octanol–water partition coefficient (Wildman–Crippen LogP) is -1.82. The molecular formula is C12H19NO7. The maximum atomic E-state index is 11.5. The molecule has 1 N–H and O–H groups in total. The molecule has 0 aromatic heterocycles. The van der Waals surface area contributed by atoms with E-state index in [1.54, 1.807) is 0 Å². The molecule has 8 nitrogen and oxygen atoms in total. The van der Waals surface area contributed by atoms with Crippen LogP contribution in [0.2, 0.25) is 0 Å². The predicted molar refractivity (Wildman–Crippen MR) is 64.3 cm³/mol. The number of carboxylic acid groups (broad SMARTS) is 2. The van der Waals surface area contributed by atoms with Gasteiger partial charge in [-0.1, -0.05) is 0 Å². The lowest BCUT2D eigenvalue weighted by atomic mass is 10.2. The molecule has 0 spiro atoms. The number of nitrogens with zero attached hydrogens (tertiary/aromatic N) is 1. The summed E-state index contributed by atoms with van der Waals surface area (Å²) in [6.45, 7) is 0.284. The normalized spacial score (nSPS) is 12.6. The Balaban J connectivity index is 4.42. The Hall–Kier alpha value is -1.96. The maximum absolute atomic E-state index is 11.5. The molecule has 0 bridgehead atoms. The van der Waals surface area contributed by atoms with Crippen LogP contribution in [0.5, 0.6) is 0 Å². The van der Waals surface area contributed by atoms with Gasteiger partial charge in [0, 0.05) is 6.42 Å². The third-order valence-electron chi connectivity index (χ3n) is 2.24. The number of hydrogen-bond acceptors (Lipinski definition) is 6. The first-order chi connectivity index (χ1) is 9.01. The average molecular weight is 289 g/mol. The fourth-order valence-electron chi connectivity index (χ4n) is 1.51. The molecule has 0 rings (SSSR count). The number of carboxylic acids is 2. The van der Waals surface area contributed by atoms with Gasteiger partial charge in [0.25, 0.3) is 0 Å². The molecule has 0 heterocycles. The van der Waals surface area contributed by atoms with Crippen molar-refractivity contribution in [1.82, 2.24) is 0 Å². The molecule has 1 atom stereocenters. The van der Waals surface area contributed by atoms with Gasteiger partial charge in [0.15, 0.2) is 11.9 Å². The molecule has 0 radical (unpaired) electrons. The van der Waals surface area contributed by atoms with Gasteiger partial charge >= 0.3 is 11.9 Å². The molecule has 0 aromatic carbocycles. The smallest absolute Gasteiger partial charge is 0.307 e. The fraction of sp³-hybridized carbons (Fsp3) is 0.667. The largest absolute Gasteiger partial charge is 0.542 e. The summed E-state index contributed by atoms with van der Waals surface area (Å²) in [6.07, 6.45) is -2.13. The number of Topliss-reactive ketones (excluding diaryl/α,β-unsaturated/α-hetero) is 1. The van der Waals surface area contributed by atoms with Crippen LogP contribution in [0.4, 0.5) is 0 Å². The monoisotopic (exact) mass is 289 g/mol. The van der Waals surface area contributed by atoms with Gasteiger partial charge in [-0.25, -0.2) is 0 Å². The van der Waals surface area contributed by atoms with Crippen LogP contribution in [-0.4, -0.2) is 67.1 Å². The molecule has 0 aliphatic rings. The van der Waals surface area contributed by atoms with Crippen LogP contribution >= 0.6 is 0 Å². The van der Waals surface area contributed by atoms with Crippen molar-refractivity contribution in [3.05, 3.63) is 0 Å². The zero-order valence-electron chi connectivity index (χ0n) is 11.7. The van der Waals surface area contributed by atoms with Gasteiger partial charge < -0.3 is 24.2 Å². The number of rotatable bonds is 9. The Kier molecular flexibility index (Phi) is 6.84. The van der Waals surface area contributed by atoms with Gasteiger partial charge in [-0.15, -0.1) is 0 Å². The number of likely N-dealkylation sites (N-methyl/N-ethyl adjacent to an activating group) is 1. The van der Waals surface area contributed by atoms with E-state index in [9.17, 15) is 24.3 Å². The first kappa shape index (κ1) is 18.0. The Morgan fingerprint density at radius 1 is 1.15 bits per heavy atom. The van der Waals surface area contributed by atoms with E-state index in [0.717, 1.165) is 0 Å². The second-order valence-corrected chi connectivity index (χ2v) is 5.39. The number of hydrogen-bond donors (Lipinski definition) is 1. The van der Waals surface area contributed by atoms with Crippen LogP contribution in [0.25, 0.3) is 0 Å². The van der Waals surface area contributed by atoms with Crippen molar-refractivity contribution in [3.8, 4) is 0 Å². The molecule has 0 unspecified atom stereocenters. The zero-order chi connectivity index (χ0) is 15.9. The summed E-state index contributed by atoms with van der Waals surface area (Å²) >= 11 is 0. The molecule has 0 aliphatic carbocycles. The molecule has 0 saturated carbocycles. The van der Waals surface area contributed by atoms with Crippen LogP contribution in [0.3, 0.4) is 0 Å². The molecule has 114 valence electrons. The van der Waals surface area contributed by atoms with Gasteiger partial charge in [-0.3, -0.25) is 14.4 Å². The topological polar surface area (TPSA) is 121 Å². The van der Waals surface area contributed by atoms with Gasteiger partial charge in [0.2, 0.25) is 0 Å². The van der Waals surface area contributed by atoms with Crippen LogP contribution in [0, 0.1) is 0 Å². The van der Waals surface area contributed by atoms with Crippen LogP contribution in [0.1, 0.15) is 19.3 Å². The number of esters is 1. The van der Waals surface area contributed by atoms with Crippen molar-refractivity contribution < 1.29 is 38.6 Å². The van der Waals surface area contributed by atoms with Gasteiger partial charge in [0.05, 0.1) is 34.0 Å². The Labute approximate surface area is 116 Å². The molecule has 0 saturated heterocycles. The number of quaternary nitrogens is 1. The average Bonchev–Trinajstić information content (AvgIpc) is 2.21. The lowest BCUT2D eigenvalue weighted by molar-refractivity contribution is -0.873. The number of ketones is 1. The summed E-state index contributed by atoms with van der Waals surface area (Å²) in [5.74, 6) is -4.96. The highest BCUT2D eigenvalue weighted by Crippen LogP contribution is 2.07. The maximum Gasteiger partial charge on any atom is 0.307 e. The van der Waals surface area contributed by atoms with E-state index in [2.05, 4.69) is 0 Å². The fourth-order valence-corrected chi connectivity index (χ4v) is 1.51. The lowest BCUT2D eigenvalue weighted by Gasteiger charge is -2.28. The van der Waals surface area contributed by atoms with Gasteiger partial charge in [-0.2, -0.15) is 0 Å². The highest BCUT2D eigenvalue weighted by atomic mass is 16.5. The SMILES string of the molecule is C[N+](C)(C)C[C@@H](CC(=O)O)OC(=O)CCC(=O)C(=O)[O-]. The molecule has 0 aliphatic heterocycles. The second-order valence-electron chi connectivity index (χ2n) is 5.39. The number of ether oxygens (including phenoxy) is 1. The van der Waals surface area contributed by atoms with E-state index in [-0.39, 0.29) is 13.0 Å². The van der Waals surface area contributed by atoms with E-state index in [1.165, 1.54) is 0 Å². The van der Waals surface area contributed by atoms with Crippen molar-refractivity contribution >= 4 is 23.7 Å². The first-order valence-corrected chi connectivity index (χ1v) is 5.97. The van der Waals surface area contributed by atoms with E-state index in [1.807, 2.05) is 21.1 Å². The van der Waals surface area contributed by atoms with Gasteiger partial charge in [-0.05, 0) is 0 Å². The Morgan fingerprint density at radius 3 is 2.10 bits per heavy atom. The summed E-state index contributed by atoms with van der Waals surface area (Å²) in [5, 5.41) is 18.9. The van der Waals surface area contributed by atoms with Crippen LogP contribution in [-0.2, 0) is 23.9 Å². The molecule has 0 aromatic rings. The number of aliphatic carboxylic acids is 2. The molecule has 8 heteroatoms. The minimum absolute atomic E-state index is 0.284. The lowest BCUT2D eigenvalue weighted by Crippen LogP contribution is -2.43. The van der Waals surface area contributed by atoms with Crippen molar-refractivity contribution in [2.75, 3.05) is 27.7 Å². The Bertz CT molecular complexity index is 397. The number of carbonyl (C=O) groups excluding carboxylic acids is 3. The van der Waals surface area contributed by atoms with Crippen molar-refractivity contribution in [2.45, 2.75) is 25.4 Å². The van der Waals surface area contributed by atoms with Crippen molar-refractivity contribution in [2.24, 2.45) is 0 Å². The van der Waals surface area contributed by atoms with E-state index < -0.39 is 42.6 Å². The summed E-state index contributed by atoms with van der Waals surface area (Å²) < 4.78 is 5.36. The Morgan fingerprint density at radius 2 is 1.70 bits per heavy atom. The molecular weight excluding hydrogens is 270 g/mol. The van der Waals surface area contributed by atoms with E-state index in [4.69, 9.17) is 9.84 Å². The van der Waals surface area contributed by atoms with Crippen molar-refractivity contribution in [1.29, 1.82) is 0 Å². The summed E-state index contributed by atoms with van der Waals surface area (Å²) in [4.78, 5) is 43.1. The summed E-state index contributed by atoms with van der Waals surface area (Å²) in [6, 6.07) is 0. The molecule has 0 amide bonds. The minimum Gasteiger partial charge on any atom is -0.542 e. The van der Waals surface area contributed by atoms with Crippen LogP contribution in [0.15, 0.2) is 0 Å². The highest BCUT2D eigenvalue weighted by molar-refractivity contribution is 6.31. The van der Waals surface area contributed by atoms with Crippen molar-refractivity contribution in [3.63, 3.8) is 0 Å². The molecule has 0 fully saturated rings. The molecule has 20 heavy (non-hydrogen) atoms. The second kappa shape index (κ2) is 7.59. The third-order valence-corrected chi connectivity index (χ3v) is 2.24. The summed E-state index contributed by atoms with van der Waals surface area (Å²) in [7, 11) is 5.42. The highest BCUT2D eigenvalue weighted by Gasteiger charge is 2.24. The standard InChI is InChI=1S/C12H19NO7/c1-13(2,3)7-8(6-10(15)16)20-11(17)5-4-9(14)12(18)19/h8H,4-7H2,1-3H3,(H-,15,16,18,19)/t8-/m1/s1. The minimum atomic E-state index is -1.86. The summed E-state index contributed by atoms with van der Waals surface area (Å²) in [5.41, 5.74) is 0. The number of carbonyl (C=O) groups is 4.